The van der Waals surface area contributed by atoms with Crippen molar-refractivity contribution in [3.8, 4) is 29.6 Å². The van der Waals surface area contributed by atoms with Crippen molar-refractivity contribution in [2.75, 3.05) is 35.5 Å². The van der Waals surface area contributed by atoms with E-state index in [1.165, 1.54) is 34.5 Å². The van der Waals surface area contributed by atoms with Crippen LogP contribution in [-0.2, 0) is 9.47 Å². The molecule has 1 rings (SSSR count). The van der Waals surface area contributed by atoms with Gasteiger partial charge in [-0.2, -0.15) is 0 Å². The van der Waals surface area contributed by atoms with E-state index in [1.807, 2.05) is 0 Å². The highest BCUT2D eigenvalue weighted by Gasteiger charge is 2.22. The largest absolute Gasteiger partial charge is 0.501 e. The Balaban J connectivity index is 3.22. The lowest BCUT2D eigenvalue weighted by Crippen LogP contribution is -2.06. The van der Waals surface area contributed by atoms with Crippen LogP contribution >= 0.6 is 0 Å². The lowest BCUT2D eigenvalue weighted by atomic mass is 10.0. The minimum Gasteiger partial charge on any atom is -0.501 e. The van der Waals surface area contributed by atoms with Crippen molar-refractivity contribution in [1.29, 1.82) is 0 Å². The lowest BCUT2D eigenvalue weighted by molar-refractivity contribution is 0.141. The second-order valence-corrected chi connectivity index (χ2v) is 4.90. The maximum Gasteiger partial charge on any atom is 0.132 e. The van der Waals surface area contributed by atoms with E-state index in [4.69, 9.17) is 30.1 Å². The van der Waals surface area contributed by atoms with Crippen LogP contribution in [0, 0.1) is 12.3 Å². The molecule has 0 radical (unpaired) electrons. The Hall–Kier alpha value is -2.78. The van der Waals surface area contributed by atoms with Gasteiger partial charge in [-0.1, -0.05) is 5.92 Å². The van der Waals surface area contributed by atoms with E-state index in [9.17, 15) is 5.11 Å². The van der Waals surface area contributed by atoms with Crippen molar-refractivity contribution in [3.63, 3.8) is 0 Å². The average Bonchev–Trinajstić information content (AvgIpc) is 2.65. The Labute approximate surface area is 148 Å². The van der Waals surface area contributed by atoms with Crippen LogP contribution in [0.15, 0.2) is 35.8 Å². The molecule has 25 heavy (non-hydrogen) atoms. The molecule has 0 amide bonds. The maximum absolute atomic E-state index is 10.7. The Morgan fingerprint density at radius 3 is 2.08 bits per heavy atom. The third-order valence-corrected chi connectivity index (χ3v) is 3.51. The van der Waals surface area contributed by atoms with Gasteiger partial charge in [-0.3, -0.25) is 0 Å². The van der Waals surface area contributed by atoms with E-state index >= 15 is 0 Å². The van der Waals surface area contributed by atoms with Crippen molar-refractivity contribution < 1.29 is 28.8 Å². The molecule has 1 N–H and O–H groups in total. The molecule has 1 unspecified atom stereocenters. The molecule has 0 saturated heterocycles. The van der Waals surface area contributed by atoms with Crippen molar-refractivity contribution >= 4 is 0 Å². The third kappa shape index (κ3) is 5.37. The zero-order valence-corrected chi connectivity index (χ0v) is 15.2. The molecule has 1 aromatic carbocycles. The third-order valence-electron chi connectivity index (χ3n) is 3.51. The van der Waals surface area contributed by atoms with Gasteiger partial charge in [0.1, 0.15) is 28.8 Å². The number of aliphatic hydroxyl groups is 1. The van der Waals surface area contributed by atoms with E-state index < -0.39 is 6.10 Å². The molecule has 0 bridgehead atoms. The molecular formula is C19H24O6. The first-order valence-corrected chi connectivity index (χ1v) is 7.47. The predicted molar refractivity (Wildman–Crippen MR) is 94.7 cm³/mol. The highest BCUT2D eigenvalue weighted by atomic mass is 16.5. The number of benzene rings is 1. The second kappa shape index (κ2) is 10.2. The van der Waals surface area contributed by atoms with E-state index in [-0.39, 0.29) is 6.42 Å². The summed E-state index contributed by atoms with van der Waals surface area (Å²) in [6, 6.07) is 3.35. The quantitative estimate of drug-likeness (QED) is 0.420. The molecule has 0 spiro atoms. The van der Waals surface area contributed by atoms with Crippen LogP contribution in [0.25, 0.3) is 0 Å². The summed E-state index contributed by atoms with van der Waals surface area (Å²) in [7, 11) is 7.57. The Kier molecular flexibility index (Phi) is 8.24. The first kappa shape index (κ1) is 20.3. The zero-order chi connectivity index (χ0) is 18.8. The summed E-state index contributed by atoms with van der Waals surface area (Å²) >= 11 is 0. The molecule has 6 heteroatoms. The smallest absolute Gasteiger partial charge is 0.132 e. The highest BCUT2D eigenvalue weighted by molar-refractivity contribution is 5.52. The summed E-state index contributed by atoms with van der Waals surface area (Å²) in [5, 5.41) is 10.7. The standard InChI is InChI=1S/C19H24O6/c1-7-8-13(21-2)9-14(22-3)10-16(20)19-17(24-5)11-15(23-4)12-18(19)25-6/h1,8-9,11-12,16,20H,10H2,2-6H3/b13-8+,14-9+. The molecule has 0 aromatic heterocycles. The summed E-state index contributed by atoms with van der Waals surface area (Å²) < 4.78 is 26.4. The summed E-state index contributed by atoms with van der Waals surface area (Å²) in [5.41, 5.74) is 0.494. The fraction of sp³-hybridized carbons (Fsp3) is 0.368. The number of hydrogen-bond donors (Lipinski definition) is 1. The molecule has 0 fully saturated rings. The van der Waals surface area contributed by atoms with Crippen molar-refractivity contribution in [2.24, 2.45) is 0 Å². The van der Waals surface area contributed by atoms with Gasteiger partial charge in [0.25, 0.3) is 0 Å². The normalized spacial score (nSPS) is 12.8. The fourth-order valence-corrected chi connectivity index (χ4v) is 2.26. The van der Waals surface area contributed by atoms with Crippen LogP contribution in [-0.4, -0.2) is 40.7 Å². The molecule has 0 aliphatic rings. The van der Waals surface area contributed by atoms with E-state index in [2.05, 4.69) is 5.92 Å². The molecule has 0 saturated carbocycles. The second-order valence-electron chi connectivity index (χ2n) is 4.90. The number of methoxy groups -OCH3 is 5. The minimum atomic E-state index is -0.939. The van der Waals surface area contributed by atoms with Gasteiger partial charge in [-0.15, -0.1) is 6.42 Å². The van der Waals surface area contributed by atoms with Crippen LogP contribution in [0.2, 0.25) is 0 Å². The van der Waals surface area contributed by atoms with Crippen LogP contribution in [0.4, 0.5) is 0 Å². The van der Waals surface area contributed by atoms with Crippen molar-refractivity contribution in [3.05, 3.63) is 41.4 Å². The zero-order valence-electron chi connectivity index (χ0n) is 15.2. The average molecular weight is 348 g/mol. The number of hydrogen-bond acceptors (Lipinski definition) is 6. The van der Waals surface area contributed by atoms with Gasteiger partial charge in [0.15, 0.2) is 0 Å². The molecule has 6 nitrogen and oxygen atoms in total. The number of ether oxygens (including phenoxy) is 5. The van der Waals surface area contributed by atoms with Gasteiger partial charge in [-0.05, 0) is 0 Å². The minimum absolute atomic E-state index is 0.167. The Morgan fingerprint density at radius 2 is 1.68 bits per heavy atom. The van der Waals surface area contributed by atoms with Gasteiger partial charge in [0, 0.05) is 30.7 Å². The summed E-state index contributed by atoms with van der Waals surface area (Å²) in [6.07, 6.45) is 7.55. The van der Waals surface area contributed by atoms with E-state index in [0.717, 1.165) is 0 Å². The van der Waals surface area contributed by atoms with Crippen molar-refractivity contribution in [2.45, 2.75) is 12.5 Å². The first-order valence-electron chi connectivity index (χ1n) is 7.47. The molecule has 1 aromatic rings. The number of aliphatic hydroxyl groups excluding tert-OH is 1. The SMILES string of the molecule is C#C/C=C(\C=C(/CC(O)c1c(OC)cc(OC)cc1OC)OC)OC. The van der Waals surface area contributed by atoms with Gasteiger partial charge in [0.2, 0.25) is 0 Å². The molecule has 136 valence electrons. The first-order chi connectivity index (χ1) is 12.0. The van der Waals surface area contributed by atoms with E-state index in [1.54, 1.807) is 25.3 Å². The van der Waals surface area contributed by atoms with E-state index in [0.29, 0.717) is 34.3 Å². The van der Waals surface area contributed by atoms with Gasteiger partial charge < -0.3 is 28.8 Å². The molecule has 0 heterocycles. The van der Waals surface area contributed by atoms with Crippen LogP contribution in [0.3, 0.4) is 0 Å². The topological polar surface area (TPSA) is 66.4 Å². The highest BCUT2D eigenvalue weighted by Crippen LogP contribution is 2.40. The summed E-state index contributed by atoms with van der Waals surface area (Å²) in [4.78, 5) is 0. The monoisotopic (exact) mass is 348 g/mol. The summed E-state index contributed by atoms with van der Waals surface area (Å²) in [5.74, 6) is 4.77. The Morgan fingerprint density at radius 1 is 1.08 bits per heavy atom. The maximum atomic E-state index is 10.7. The molecular weight excluding hydrogens is 324 g/mol. The Bertz CT molecular complexity index is 644. The lowest BCUT2D eigenvalue weighted by Gasteiger charge is -2.20. The van der Waals surface area contributed by atoms with Crippen molar-refractivity contribution in [1.82, 2.24) is 0 Å². The van der Waals surface area contributed by atoms with Gasteiger partial charge >= 0.3 is 0 Å². The van der Waals surface area contributed by atoms with Gasteiger partial charge in [0.05, 0.1) is 47.2 Å². The number of terminal acetylenes is 1. The van der Waals surface area contributed by atoms with Crippen LogP contribution in [0.5, 0.6) is 17.2 Å². The van der Waals surface area contributed by atoms with Crippen LogP contribution in [0.1, 0.15) is 18.1 Å². The number of allylic oxidation sites excluding steroid dienone is 2. The summed E-state index contributed by atoms with van der Waals surface area (Å²) in [6.45, 7) is 0. The number of rotatable bonds is 9. The fourth-order valence-electron chi connectivity index (χ4n) is 2.26. The van der Waals surface area contributed by atoms with Gasteiger partial charge in [-0.25, -0.2) is 0 Å². The predicted octanol–water partition coefficient (Wildman–Crippen LogP) is 2.83. The molecule has 0 aliphatic heterocycles. The molecule has 0 aliphatic carbocycles. The molecule has 1 atom stereocenters. The van der Waals surface area contributed by atoms with Crippen LogP contribution < -0.4 is 14.2 Å².